The van der Waals surface area contributed by atoms with Gasteiger partial charge in [-0.25, -0.2) is 9.78 Å². The second kappa shape index (κ2) is 5.35. The molecule has 2 aromatic rings. The lowest BCUT2D eigenvalue weighted by Gasteiger charge is -2.13. The SMILES string of the molecule is CC(C)(C)c1nc(C(=O)O)c(-c2cccc(Cl)c2Cl)s1. The minimum absolute atomic E-state index is 0.0177. The summed E-state index contributed by atoms with van der Waals surface area (Å²) in [5.74, 6) is -1.07. The first-order valence-corrected chi connectivity index (χ1v) is 7.48. The van der Waals surface area contributed by atoms with Crippen molar-refractivity contribution in [3.05, 3.63) is 38.9 Å². The van der Waals surface area contributed by atoms with Gasteiger partial charge in [-0.2, -0.15) is 0 Å². The molecule has 0 aliphatic heterocycles. The highest BCUT2D eigenvalue weighted by molar-refractivity contribution is 7.15. The van der Waals surface area contributed by atoms with Crippen molar-refractivity contribution in [2.45, 2.75) is 26.2 Å². The van der Waals surface area contributed by atoms with E-state index in [1.165, 1.54) is 11.3 Å². The van der Waals surface area contributed by atoms with Crippen LogP contribution in [0, 0.1) is 0 Å². The highest BCUT2D eigenvalue weighted by Gasteiger charge is 2.26. The average molecular weight is 330 g/mol. The van der Waals surface area contributed by atoms with E-state index in [1.807, 2.05) is 20.8 Å². The molecule has 0 saturated heterocycles. The number of nitrogens with zero attached hydrogens (tertiary/aromatic N) is 1. The van der Waals surface area contributed by atoms with Crippen molar-refractivity contribution in [2.75, 3.05) is 0 Å². The lowest BCUT2D eigenvalue weighted by Crippen LogP contribution is -2.11. The molecule has 0 radical (unpaired) electrons. The molecule has 0 bridgehead atoms. The molecule has 0 fully saturated rings. The van der Waals surface area contributed by atoms with Crippen LogP contribution in [0.2, 0.25) is 10.0 Å². The second-order valence-electron chi connectivity index (χ2n) is 5.35. The number of rotatable bonds is 2. The van der Waals surface area contributed by atoms with E-state index in [0.29, 0.717) is 20.5 Å². The standard InChI is InChI=1S/C14H13Cl2NO2S/c1-14(2,3)13-17-10(12(18)19)11(20-13)7-5-4-6-8(15)9(7)16/h4-6H,1-3H3,(H,18,19). The zero-order valence-corrected chi connectivity index (χ0v) is 13.5. The van der Waals surface area contributed by atoms with Crippen LogP contribution in [-0.2, 0) is 5.41 Å². The van der Waals surface area contributed by atoms with E-state index in [-0.39, 0.29) is 11.1 Å². The van der Waals surface area contributed by atoms with Gasteiger partial charge in [0.15, 0.2) is 5.69 Å². The van der Waals surface area contributed by atoms with Gasteiger partial charge >= 0.3 is 5.97 Å². The molecule has 0 spiro atoms. The molecule has 0 unspecified atom stereocenters. The zero-order valence-electron chi connectivity index (χ0n) is 11.2. The summed E-state index contributed by atoms with van der Waals surface area (Å²) in [6, 6.07) is 5.16. The van der Waals surface area contributed by atoms with Crippen molar-refractivity contribution in [2.24, 2.45) is 0 Å². The van der Waals surface area contributed by atoms with E-state index in [9.17, 15) is 9.90 Å². The van der Waals surface area contributed by atoms with Crippen molar-refractivity contribution in [1.82, 2.24) is 4.98 Å². The monoisotopic (exact) mass is 329 g/mol. The maximum absolute atomic E-state index is 11.4. The van der Waals surface area contributed by atoms with Crippen molar-refractivity contribution < 1.29 is 9.90 Å². The van der Waals surface area contributed by atoms with Crippen LogP contribution in [-0.4, -0.2) is 16.1 Å². The summed E-state index contributed by atoms with van der Waals surface area (Å²) in [7, 11) is 0. The highest BCUT2D eigenvalue weighted by Crippen LogP contribution is 2.41. The maximum atomic E-state index is 11.4. The molecule has 2 rings (SSSR count). The van der Waals surface area contributed by atoms with Gasteiger partial charge in [0.05, 0.1) is 19.9 Å². The molecular weight excluding hydrogens is 317 g/mol. The zero-order chi connectivity index (χ0) is 15.1. The number of aromatic nitrogens is 1. The predicted molar refractivity (Wildman–Crippen MR) is 83.2 cm³/mol. The van der Waals surface area contributed by atoms with Crippen LogP contribution in [0.5, 0.6) is 0 Å². The van der Waals surface area contributed by atoms with Gasteiger partial charge < -0.3 is 5.11 Å². The Bertz CT molecular complexity index is 674. The Hall–Kier alpha value is -1.10. The minimum Gasteiger partial charge on any atom is -0.476 e. The summed E-state index contributed by atoms with van der Waals surface area (Å²) in [5, 5.41) is 10.8. The Labute approximate surface area is 131 Å². The van der Waals surface area contributed by atoms with Crippen LogP contribution in [0.1, 0.15) is 36.3 Å². The number of hydrogen-bond acceptors (Lipinski definition) is 3. The number of thiazole rings is 1. The predicted octanol–water partition coefficient (Wildman–Crippen LogP) is 5.11. The maximum Gasteiger partial charge on any atom is 0.356 e. The average Bonchev–Trinajstić information content (AvgIpc) is 2.77. The Kier molecular flexibility index (Phi) is 4.09. The van der Waals surface area contributed by atoms with Gasteiger partial charge in [-0.1, -0.05) is 56.1 Å². The van der Waals surface area contributed by atoms with Gasteiger partial charge in [-0.15, -0.1) is 11.3 Å². The van der Waals surface area contributed by atoms with E-state index < -0.39 is 5.97 Å². The number of carboxylic acid groups (broad SMARTS) is 1. The van der Waals surface area contributed by atoms with Crippen LogP contribution in [0.4, 0.5) is 0 Å². The summed E-state index contributed by atoms with van der Waals surface area (Å²) in [4.78, 5) is 16.2. The number of hydrogen-bond donors (Lipinski definition) is 1. The lowest BCUT2D eigenvalue weighted by molar-refractivity contribution is 0.0692. The van der Waals surface area contributed by atoms with Crippen LogP contribution in [0.3, 0.4) is 0 Å². The fourth-order valence-corrected chi connectivity index (χ4v) is 3.24. The van der Waals surface area contributed by atoms with Gasteiger partial charge in [-0.3, -0.25) is 0 Å². The summed E-state index contributed by atoms with van der Waals surface area (Å²) < 4.78 is 0. The minimum atomic E-state index is -1.07. The first-order valence-electron chi connectivity index (χ1n) is 5.91. The van der Waals surface area contributed by atoms with E-state index in [2.05, 4.69) is 4.98 Å². The van der Waals surface area contributed by atoms with Gasteiger partial charge in [0, 0.05) is 11.0 Å². The largest absolute Gasteiger partial charge is 0.476 e. The van der Waals surface area contributed by atoms with Crippen molar-refractivity contribution >= 4 is 40.5 Å². The molecule has 106 valence electrons. The summed E-state index contributed by atoms with van der Waals surface area (Å²) in [6.45, 7) is 5.96. The normalized spacial score (nSPS) is 11.7. The van der Waals surface area contributed by atoms with Crippen molar-refractivity contribution in [1.29, 1.82) is 0 Å². The molecule has 0 atom stereocenters. The third-order valence-corrected chi connectivity index (χ3v) is 5.00. The van der Waals surface area contributed by atoms with E-state index >= 15 is 0 Å². The van der Waals surface area contributed by atoms with Gasteiger partial charge in [0.1, 0.15) is 0 Å². The Morgan fingerprint density at radius 3 is 2.50 bits per heavy atom. The molecule has 3 nitrogen and oxygen atoms in total. The molecule has 0 aliphatic rings. The third-order valence-electron chi connectivity index (χ3n) is 2.67. The fourth-order valence-electron chi connectivity index (χ4n) is 1.65. The van der Waals surface area contributed by atoms with Crippen LogP contribution < -0.4 is 0 Å². The molecule has 1 aromatic heterocycles. The van der Waals surface area contributed by atoms with Crippen LogP contribution >= 0.6 is 34.5 Å². The summed E-state index contributed by atoms with van der Waals surface area (Å²) >= 11 is 13.5. The second-order valence-corrected chi connectivity index (χ2v) is 7.14. The molecule has 1 N–H and O–H groups in total. The van der Waals surface area contributed by atoms with Gasteiger partial charge in [0.25, 0.3) is 0 Å². The lowest BCUT2D eigenvalue weighted by atomic mass is 9.98. The smallest absolute Gasteiger partial charge is 0.356 e. The van der Waals surface area contributed by atoms with E-state index in [4.69, 9.17) is 23.2 Å². The van der Waals surface area contributed by atoms with Crippen molar-refractivity contribution in [3.8, 4) is 10.4 Å². The summed E-state index contributed by atoms with van der Waals surface area (Å²) in [6.07, 6.45) is 0. The third kappa shape index (κ3) is 2.82. The van der Waals surface area contributed by atoms with E-state index in [0.717, 1.165) is 5.01 Å². The summed E-state index contributed by atoms with van der Waals surface area (Å²) in [5.41, 5.74) is 0.395. The topological polar surface area (TPSA) is 50.2 Å². The molecule has 1 aromatic carbocycles. The highest BCUT2D eigenvalue weighted by atomic mass is 35.5. The van der Waals surface area contributed by atoms with Crippen LogP contribution in [0.25, 0.3) is 10.4 Å². The molecule has 0 aliphatic carbocycles. The first kappa shape index (κ1) is 15.3. The molecule has 0 amide bonds. The molecule has 20 heavy (non-hydrogen) atoms. The Morgan fingerprint density at radius 2 is 1.95 bits per heavy atom. The molecule has 1 heterocycles. The number of carboxylic acids is 1. The quantitative estimate of drug-likeness (QED) is 0.832. The fraction of sp³-hybridized carbons (Fsp3) is 0.286. The number of benzene rings is 1. The molecule has 6 heteroatoms. The number of aromatic carboxylic acids is 1. The first-order chi connectivity index (χ1) is 9.21. The van der Waals surface area contributed by atoms with Crippen molar-refractivity contribution in [3.63, 3.8) is 0 Å². The van der Waals surface area contributed by atoms with E-state index in [1.54, 1.807) is 18.2 Å². The number of carbonyl (C=O) groups is 1. The Balaban J connectivity index is 2.70. The van der Waals surface area contributed by atoms with Gasteiger partial charge in [-0.05, 0) is 6.07 Å². The van der Waals surface area contributed by atoms with Gasteiger partial charge in [0.2, 0.25) is 0 Å². The molecule has 0 saturated carbocycles. The molecular formula is C14H13Cl2NO2S. The number of halogens is 2. The van der Waals surface area contributed by atoms with Crippen LogP contribution in [0.15, 0.2) is 18.2 Å². The Morgan fingerprint density at radius 1 is 1.30 bits per heavy atom.